The van der Waals surface area contributed by atoms with E-state index in [-0.39, 0.29) is 12.7 Å². The lowest BCUT2D eigenvalue weighted by Gasteiger charge is -2.05. The molecule has 0 radical (unpaired) electrons. The first kappa shape index (κ1) is 10.2. The number of aliphatic hydroxyl groups excluding tert-OH is 2. The topological polar surface area (TPSA) is 40.5 Å². The van der Waals surface area contributed by atoms with Gasteiger partial charge in [0.1, 0.15) is 0 Å². The molecule has 1 rings (SSSR count). The lowest BCUT2D eigenvalue weighted by Crippen LogP contribution is -2.04. The number of aliphatic hydroxyl groups is 2. The van der Waals surface area contributed by atoms with Crippen LogP contribution in [-0.2, 0) is 12.8 Å². The van der Waals surface area contributed by atoms with Gasteiger partial charge in [0.25, 0.3) is 0 Å². The predicted octanol–water partition coefficient (Wildman–Crippen LogP) is 1.14. The third-order valence-electron chi connectivity index (χ3n) is 1.92. The van der Waals surface area contributed by atoms with Crippen molar-refractivity contribution in [3.8, 4) is 0 Å². The number of hydrogen-bond donors (Lipinski definition) is 2. The van der Waals surface area contributed by atoms with Gasteiger partial charge in [-0.2, -0.15) is 0 Å². The predicted molar refractivity (Wildman–Crippen MR) is 52.6 cm³/mol. The molecule has 13 heavy (non-hydrogen) atoms. The van der Waals surface area contributed by atoms with Crippen molar-refractivity contribution in [2.45, 2.75) is 25.9 Å². The minimum Gasteiger partial charge on any atom is -0.396 e. The minimum absolute atomic E-state index is 0.179. The Kier molecular flexibility index (Phi) is 3.93. The molecule has 2 nitrogen and oxygen atoms in total. The van der Waals surface area contributed by atoms with Gasteiger partial charge in [-0.3, -0.25) is 0 Å². The van der Waals surface area contributed by atoms with Crippen molar-refractivity contribution in [1.29, 1.82) is 0 Å². The summed E-state index contributed by atoms with van der Waals surface area (Å²) in [6.45, 7) is 1.96. The van der Waals surface area contributed by atoms with Crippen LogP contribution in [0.15, 0.2) is 24.3 Å². The monoisotopic (exact) mass is 180 g/mol. The standard InChI is InChI=1S/C11H16O2/c1-9(13)7-11-4-2-3-10(8-11)5-6-12/h2-4,8-9,12-13H,5-7H2,1H3. The summed E-state index contributed by atoms with van der Waals surface area (Å²) in [4.78, 5) is 0. The Morgan fingerprint density at radius 2 is 2.00 bits per heavy atom. The average molecular weight is 180 g/mol. The van der Waals surface area contributed by atoms with E-state index in [2.05, 4.69) is 0 Å². The van der Waals surface area contributed by atoms with Crippen LogP contribution in [0.5, 0.6) is 0 Å². The van der Waals surface area contributed by atoms with Gasteiger partial charge < -0.3 is 10.2 Å². The summed E-state index contributed by atoms with van der Waals surface area (Å²) < 4.78 is 0. The van der Waals surface area contributed by atoms with Crippen LogP contribution < -0.4 is 0 Å². The third kappa shape index (κ3) is 3.57. The van der Waals surface area contributed by atoms with Crippen molar-refractivity contribution < 1.29 is 10.2 Å². The first-order chi connectivity index (χ1) is 6.22. The fourth-order valence-electron chi connectivity index (χ4n) is 1.38. The van der Waals surface area contributed by atoms with Gasteiger partial charge in [0.15, 0.2) is 0 Å². The van der Waals surface area contributed by atoms with Crippen molar-refractivity contribution >= 4 is 0 Å². The fourth-order valence-corrected chi connectivity index (χ4v) is 1.38. The van der Waals surface area contributed by atoms with E-state index in [0.29, 0.717) is 12.8 Å². The molecule has 2 N–H and O–H groups in total. The Balaban J connectivity index is 2.67. The quantitative estimate of drug-likeness (QED) is 0.729. The Morgan fingerprint density at radius 3 is 2.62 bits per heavy atom. The lowest BCUT2D eigenvalue weighted by molar-refractivity contribution is 0.195. The summed E-state index contributed by atoms with van der Waals surface area (Å²) in [6.07, 6.45) is 1.07. The highest BCUT2D eigenvalue weighted by Crippen LogP contribution is 2.08. The zero-order valence-electron chi connectivity index (χ0n) is 7.90. The molecule has 0 aliphatic heterocycles. The molecule has 0 bridgehead atoms. The normalized spacial score (nSPS) is 12.8. The smallest absolute Gasteiger partial charge is 0.0552 e. The SMILES string of the molecule is CC(O)Cc1cccc(CCO)c1. The molecule has 0 amide bonds. The van der Waals surface area contributed by atoms with E-state index in [9.17, 15) is 5.11 Å². The molecule has 0 aliphatic rings. The van der Waals surface area contributed by atoms with Gasteiger partial charge in [-0.05, 0) is 30.9 Å². The van der Waals surface area contributed by atoms with Crippen LogP contribution in [-0.4, -0.2) is 22.9 Å². The minimum atomic E-state index is -0.302. The van der Waals surface area contributed by atoms with E-state index in [1.54, 1.807) is 6.92 Å². The summed E-state index contributed by atoms with van der Waals surface area (Å²) in [7, 11) is 0. The van der Waals surface area contributed by atoms with E-state index in [4.69, 9.17) is 5.11 Å². The largest absolute Gasteiger partial charge is 0.396 e. The van der Waals surface area contributed by atoms with E-state index in [0.717, 1.165) is 11.1 Å². The third-order valence-corrected chi connectivity index (χ3v) is 1.92. The van der Waals surface area contributed by atoms with Crippen molar-refractivity contribution in [3.05, 3.63) is 35.4 Å². The van der Waals surface area contributed by atoms with E-state index in [1.807, 2.05) is 24.3 Å². The molecule has 0 aromatic heterocycles. The maximum atomic E-state index is 9.18. The molecule has 1 unspecified atom stereocenters. The Bertz CT molecular complexity index is 256. The van der Waals surface area contributed by atoms with Gasteiger partial charge >= 0.3 is 0 Å². The maximum absolute atomic E-state index is 9.18. The van der Waals surface area contributed by atoms with Crippen molar-refractivity contribution in [3.63, 3.8) is 0 Å². The van der Waals surface area contributed by atoms with E-state index in [1.165, 1.54) is 0 Å². The molecule has 0 aliphatic carbocycles. The number of hydrogen-bond acceptors (Lipinski definition) is 2. The molecule has 0 fully saturated rings. The highest BCUT2D eigenvalue weighted by Gasteiger charge is 1.99. The average Bonchev–Trinajstić information content (AvgIpc) is 2.04. The Labute approximate surface area is 78.8 Å². The van der Waals surface area contributed by atoms with E-state index < -0.39 is 0 Å². The summed E-state index contributed by atoms with van der Waals surface area (Å²) in [6, 6.07) is 7.97. The second kappa shape index (κ2) is 5.00. The number of rotatable bonds is 4. The highest BCUT2D eigenvalue weighted by atomic mass is 16.3. The van der Waals surface area contributed by atoms with Crippen LogP contribution >= 0.6 is 0 Å². The molecule has 0 saturated carbocycles. The maximum Gasteiger partial charge on any atom is 0.0552 e. The van der Waals surface area contributed by atoms with Crippen LogP contribution in [0.4, 0.5) is 0 Å². The number of benzene rings is 1. The van der Waals surface area contributed by atoms with Crippen molar-refractivity contribution in [1.82, 2.24) is 0 Å². The molecule has 2 heteroatoms. The summed E-state index contributed by atoms with van der Waals surface area (Å²) >= 11 is 0. The van der Waals surface area contributed by atoms with Gasteiger partial charge in [0, 0.05) is 6.61 Å². The second-order valence-corrected chi connectivity index (χ2v) is 3.35. The molecule has 1 aromatic carbocycles. The summed E-state index contributed by atoms with van der Waals surface area (Å²) in [5.41, 5.74) is 2.25. The molecule has 1 aromatic rings. The Hall–Kier alpha value is -0.860. The summed E-state index contributed by atoms with van der Waals surface area (Å²) in [5.74, 6) is 0. The molecular weight excluding hydrogens is 164 g/mol. The zero-order chi connectivity index (χ0) is 9.68. The van der Waals surface area contributed by atoms with Crippen LogP contribution in [0.3, 0.4) is 0 Å². The molecule has 1 atom stereocenters. The highest BCUT2D eigenvalue weighted by molar-refractivity contribution is 5.24. The van der Waals surface area contributed by atoms with E-state index >= 15 is 0 Å². The van der Waals surface area contributed by atoms with Gasteiger partial charge in [-0.15, -0.1) is 0 Å². The molecule has 72 valence electrons. The molecule has 0 spiro atoms. The molecule has 0 heterocycles. The molecule has 0 saturated heterocycles. The molecular formula is C11H16O2. The van der Waals surface area contributed by atoms with Crippen molar-refractivity contribution in [2.75, 3.05) is 6.61 Å². The fraction of sp³-hybridized carbons (Fsp3) is 0.455. The van der Waals surface area contributed by atoms with Gasteiger partial charge in [0.2, 0.25) is 0 Å². The van der Waals surface area contributed by atoms with Gasteiger partial charge in [-0.25, -0.2) is 0 Å². The van der Waals surface area contributed by atoms with Crippen LogP contribution in [0.25, 0.3) is 0 Å². The van der Waals surface area contributed by atoms with Gasteiger partial charge in [0.05, 0.1) is 6.10 Å². The second-order valence-electron chi connectivity index (χ2n) is 3.35. The first-order valence-electron chi connectivity index (χ1n) is 4.59. The zero-order valence-corrected chi connectivity index (χ0v) is 7.90. The lowest BCUT2D eigenvalue weighted by atomic mass is 10.0. The van der Waals surface area contributed by atoms with Gasteiger partial charge in [-0.1, -0.05) is 24.3 Å². The first-order valence-corrected chi connectivity index (χ1v) is 4.59. The van der Waals surface area contributed by atoms with Crippen LogP contribution in [0.1, 0.15) is 18.1 Å². The Morgan fingerprint density at radius 1 is 1.31 bits per heavy atom. The van der Waals surface area contributed by atoms with Crippen LogP contribution in [0.2, 0.25) is 0 Å². The van der Waals surface area contributed by atoms with Crippen molar-refractivity contribution in [2.24, 2.45) is 0 Å². The van der Waals surface area contributed by atoms with Crippen LogP contribution in [0, 0.1) is 0 Å². The summed E-state index contributed by atoms with van der Waals surface area (Å²) in [5, 5.41) is 17.9.